The van der Waals surface area contributed by atoms with Gasteiger partial charge in [0.05, 0.1) is 4.92 Å². The summed E-state index contributed by atoms with van der Waals surface area (Å²) in [6, 6.07) is 6.68. The van der Waals surface area contributed by atoms with Gasteiger partial charge in [-0.3, -0.25) is 10.1 Å². The van der Waals surface area contributed by atoms with Crippen LogP contribution in [-0.4, -0.2) is 14.9 Å². The van der Waals surface area contributed by atoms with Crippen molar-refractivity contribution in [3.63, 3.8) is 0 Å². The molecule has 5 heteroatoms. The Balaban J connectivity index is 2.35. The number of hydrogen-bond donors (Lipinski definition) is 1. The fraction of sp³-hybridized carbons (Fsp3) is 0.400. The van der Waals surface area contributed by atoms with Crippen molar-refractivity contribution in [2.75, 3.05) is 0 Å². The highest BCUT2D eigenvalue weighted by molar-refractivity contribution is 5.39. The summed E-state index contributed by atoms with van der Waals surface area (Å²) in [4.78, 5) is 18.0. The third-order valence-electron chi connectivity index (χ3n) is 3.62. The summed E-state index contributed by atoms with van der Waals surface area (Å²) in [5.74, 6) is 1.30. The Morgan fingerprint density at radius 2 is 1.85 bits per heavy atom. The van der Waals surface area contributed by atoms with Gasteiger partial charge in [0.2, 0.25) is 0 Å². The molecule has 0 bridgehead atoms. The van der Waals surface area contributed by atoms with E-state index in [1.807, 2.05) is 6.20 Å². The molecule has 2 aromatic rings. The summed E-state index contributed by atoms with van der Waals surface area (Å²) in [5.41, 5.74) is 1.86. The fourth-order valence-corrected chi connectivity index (χ4v) is 2.10. The van der Waals surface area contributed by atoms with Gasteiger partial charge in [0.15, 0.2) is 0 Å². The fourth-order valence-electron chi connectivity index (χ4n) is 2.10. The largest absolute Gasteiger partial charge is 0.345 e. The third-order valence-corrected chi connectivity index (χ3v) is 3.62. The van der Waals surface area contributed by atoms with Gasteiger partial charge < -0.3 is 4.98 Å². The van der Waals surface area contributed by atoms with E-state index in [1.54, 1.807) is 12.1 Å². The number of nitrogens with zero attached hydrogens (tertiary/aromatic N) is 2. The van der Waals surface area contributed by atoms with E-state index in [0.717, 1.165) is 17.1 Å². The molecule has 0 unspecified atom stereocenters. The van der Waals surface area contributed by atoms with Crippen molar-refractivity contribution in [2.24, 2.45) is 0 Å². The SMILES string of the molecule is CC(C)c1ncc(C(C)(C)c2ccc([N+](=O)[O-])cc2)[nH]1. The van der Waals surface area contributed by atoms with Gasteiger partial charge in [-0.1, -0.05) is 39.8 Å². The van der Waals surface area contributed by atoms with Crippen LogP contribution in [0.1, 0.15) is 50.7 Å². The first kappa shape index (κ1) is 14.2. The van der Waals surface area contributed by atoms with E-state index >= 15 is 0 Å². The van der Waals surface area contributed by atoms with Crippen LogP contribution in [0.4, 0.5) is 5.69 Å². The molecule has 5 nitrogen and oxygen atoms in total. The number of aromatic nitrogens is 2. The van der Waals surface area contributed by atoms with Gasteiger partial charge in [0, 0.05) is 35.4 Å². The molecular weight excluding hydrogens is 254 g/mol. The predicted molar refractivity (Wildman–Crippen MR) is 77.9 cm³/mol. The van der Waals surface area contributed by atoms with Crippen molar-refractivity contribution in [3.05, 3.63) is 57.7 Å². The van der Waals surface area contributed by atoms with E-state index in [-0.39, 0.29) is 16.0 Å². The highest BCUT2D eigenvalue weighted by Gasteiger charge is 2.26. The topological polar surface area (TPSA) is 71.8 Å². The Morgan fingerprint density at radius 1 is 1.25 bits per heavy atom. The van der Waals surface area contributed by atoms with Gasteiger partial charge >= 0.3 is 0 Å². The summed E-state index contributed by atoms with van der Waals surface area (Å²) >= 11 is 0. The van der Waals surface area contributed by atoms with E-state index in [0.29, 0.717) is 5.92 Å². The van der Waals surface area contributed by atoms with Crippen LogP contribution < -0.4 is 0 Å². The molecule has 0 aliphatic rings. The number of hydrogen-bond acceptors (Lipinski definition) is 3. The molecule has 1 aromatic heterocycles. The molecule has 0 amide bonds. The van der Waals surface area contributed by atoms with Crippen LogP contribution in [0, 0.1) is 10.1 Å². The minimum atomic E-state index is -0.385. The molecule has 0 aliphatic heterocycles. The molecule has 0 fully saturated rings. The number of non-ortho nitro benzene ring substituents is 1. The monoisotopic (exact) mass is 273 g/mol. The first-order valence-electron chi connectivity index (χ1n) is 6.62. The molecule has 0 radical (unpaired) electrons. The highest BCUT2D eigenvalue weighted by Crippen LogP contribution is 2.31. The second-order valence-electron chi connectivity index (χ2n) is 5.77. The van der Waals surface area contributed by atoms with Crippen LogP contribution in [0.15, 0.2) is 30.5 Å². The second kappa shape index (κ2) is 5.07. The summed E-state index contributed by atoms with van der Waals surface area (Å²) < 4.78 is 0. The van der Waals surface area contributed by atoms with E-state index < -0.39 is 0 Å². The van der Waals surface area contributed by atoms with Crippen molar-refractivity contribution in [1.82, 2.24) is 9.97 Å². The number of nitro benzene ring substituents is 1. The zero-order chi connectivity index (χ0) is 14.9. The number of H-pyrrole nitrogens is 1. The number of rotatable bonds is 4. The van der Waals surface area contributed by atoms with Gasteiger partial charge in [0.25, 0.3) is 5.69 Å². The van der Waals surface area contributed by atoms with Crippen molar-refractivity contribution in [1.29, 1.82) is 0 Å². The van der Waals surface area contributed by atoms with Gasteiger partial charge in [-0.05, 0) is 5.56 Å². The first-order chi connectivity index (χ1) is 9.32. The van der Waals surface area contributed by atoms with Crippen molar-refractivity contribution >= 4 is 5.69 Å². The van der Waals surface area contributed by atoms with Crippen LogP contribution in [-0.2, 0) is 5.41 Å². The lowest BCUT2D eigenvalue weighted by Crippen LogP contribution is -2.19. The summed E-state index contributed by atoms with van der Waals surface area (Å²) in [7, 11) is 0. The van der Waals surface area contributed by atoms with Crippen molar-refractivity contribution < 1.29 is 4.92 Å². The molecule has 2 rings (SSSR count). The first-order valence-corrected chi connectivity index (χ1v) is 6.62. The normalized spacial score (nSPS) is 11.8. The molecule has 106 valence electrons. The quantitative estimate of drug-likeness (QED) is 0.680. The summed E-state index contributed by atoms with van der Waals surface area (Å²) in [6.07, 6.45) is 1.84. The van der Waals surface area contributed by atoms with E-state index in [2.05, 4.69) is 37.7 Å². The predicted octanol–water partition coefficient (Wildman–Crippen LogP) is 3.77. The van der Waals surface area contributed by atoms with E-state index in [4.69, 9.17) is 0 Å². The summed E-state index contributed by atoms with van der Waals surface area (Å²) in [5, 5.41) is 10.7. The Morgan fingerprint density at radius 3 is 2.30 bits per heavy atom. The Kier molecular flexibility index (Phi) is 3.61. The van der Waals surface area contributed by atoms with Gasteiger partial charge in [0.1, 0.15) is 5.82 Å². The molecule has 1 N–H and O–H groups in total. The smallest absolute Gasteiger partial charge is 0.269 e. The molecule has 0 atom stereocenters. The maximum Gasteiger partial charge on any atom is 0.269 e. The lowest BCUT2D eigenvalue weighted by Gasteiger charge is -2.23. The van der Waals surface area contributed by atoms with E-state index in [9.17, 15) is 10.1 Å². The molecule has 0 saturated carbocycles. The molecule has 1 aromatic carbocycles. The molecule has 0 saturated heterocycles. The lowest BCUT2D eigenvalue weighted by molar-refractivity contribution is -0.384. The number of nitro groups is 1. The minimum Gasteiger partial charge on any atom is -0.345 e. The molecule has 0 spiro atoms. The van der Waals surface area contributed by atoms with Crippen LogP contribution >= 0.6 is 0 Å². The van der Waals surface area contributed by atoms with Crippen LogP contribution in [0.2, 0.25) is 0 Å². The van der Waals surface area contributed by atoms with E-state index in [1.165, 1.54) is 12.1 Å². The van der Waals surface area contributed by atoms with Gasteiger partial charge in [-0.25, -0.2) is 4.98 Å². The van der Waals surface area contributed by atoms with Crippen molar-refractivity contribution in [2.45, 2.75) is 39.0 Å². The zero-order valence-corrected chi connectivity index (χ0v) is 12.2. The summed E-state index contributed by atoms with van der Waals surface area (Å²) in [6.45, 7) is 8.32. The van der Waals surface area contributed by atoms with Gasteiger partial charge in [-0.15, -0.1) is 0 Å². The average molecular weight is 273 g/mol. The van der Waals surface area contributed by atoms with Crippen molar-refractivity contribution in [3.8, 4) is 0 Å². The Labute approximate surface area is 118 Å². The minimum absolute atomic E-state index is 0.108. The molecular formula is C15H19N3O2. The molecule has 20 heavy (non-hydrogen) atoms. The van der Waals surface area contributed by atoms with Crippen LogP contribution in [0.3, 0.4) is 0 Å². The highest BCUT2D eigenvalue weighted by atomic mass is 16.6. The lowest BCUT2D eigenvalue weighted by atomic mass is 9.82. The standard InChI is InChI=1S/C15H19N3O2/c1-10(2)14-16-9-13(17-14)15(3,4)11-5-7-12(8-6-11)18(19)20/h5-10H,1-4H3,(H,16,17). The Hall–Kier alpha value is -2.17. The Bertz CT molecular complexity index is 612. The number of benzene rings is 1. The second-order valence-corrected chi connectivity index (χ2v) is 5.77. The number of imidazole rings is 1. The third kappa shape index (κ3) is 2.57. The maximum absolute atomic E-state index is 10.7. The number of nitrogens with one attached hydrogen (secondary N) is 1. The maximum atomic E-state index is 10.7. The average Bonchev–Trinajstić information content (AvgIpc) is 2.89. The molecule has 1 heterocycles. The van der Waals surface area contributed by atoms with Crippen LogP contribution in [0.5, 0.6) is 0 Å². The van der Waals surface area contributed by atoms with Gasteiger partial charge in [-0.2, -0.15) is 0 Å². The van der Waals surface area contributed by atoms with Crippen LogP contribution in [0.25, 0.3) is 0 Å². The number of aromatic amines is 1. The molecule has 0 aliphatic carbocycles. The zero-order valence-electron chi connectivity index (χ0n) is 12.2.